The predicted molar refractivity (Wildman–Crippen MR) is 257 cm³/mol. The third-order valence-corrected chi connectivity index (χ3v) is 12.2. The van der Waals surface area contributed by atoms with E-state index in [9.17, 15) is 28.8 Å². The highest BCUT2D eigenvalue weighted by Gasteiger charge is 2.45. The standard InChI is InChI=1S/C54H56N4O8/c1-36(14-12-20-47-53(2,3)43-30-39(37-16-8-6-9-17-37)22-24-45(43)57(47)28-26-49(61)55-41(34-59)32-51(63)64)15-13-21-48-54(4,5)44-31-40(38-18-10-7-11-19-38)23-25-46(44)58(48)29-27-50(62)56-42(35-60)33-52(65)66/h6-25,30-31,34-35,41-42H,26-29,32-33H2,1-5H3,(H3-,55,56,61,62,63,64,65,66)/p+1. The van der Waals surface area contributed by atoms with Gasteiger partial charge in [-0.25, -0.2) is 0 Å². The monoisotopic (exact) mass is 889 g/mol. The number of rotatable bonds is 20. The number of aldehydes is 2. The first-order chi connectivity index (χ1) is 31.5. The molecule has 2 amide bonds. The maximum absolute atomic E-state index is 13.0. The molecule has 0 aliphatic carbocycles. The molecule has 0 saturated carbocycles. The van der Waals surface area contributed by atoms with E-state index in [4.69, 9.17) is 10.2 Å². The van der Waals surface area contributed by atoms with Gasteiger partial charge in [0.2, 0.25) is 17.5 Å². The SMILES string of the molecule is CC(/C=C/C=C1/N(CCC(=O)NC(C=O)CC(=O)O)c2ccc(-c3ccccc3)cc2C1(C)C)=C\C=C\C1=[N+](CCC(=O)NC(C=O)CC(=O)O)c2ccc(-c3ccccc3)cc2C1(C)C. The molecule has 2 aliphatic heterocycles. The zero-order chi connectivity index (χ0) is 47.6. The Kier molecular flexibility index (Phi) is 15.3. The highest BCUT2D eigenvalue weighted by Crippen LogP contribution is 2.49. The van der Waals surface area contributed by atoms with Crippen LogP contribution < -0.4 is 15.5 Å². The van der Waals surface area contributed by atoms with Crippen molar-refractivity contribution < 1.29 is 43.6 Å². The molecule has 2 atom stereocenters. The molecule has 12 heteroatoms. The number of nitrogens with one attached hydrogen (secondary N) is 2. The van der Waals surface area contributed by atoms with Crippen LogP contribution >= 0.6 is 0 Å². The lowest BCUT2D eigenvalue weighted by molar-refractivity contribution is -0.436. The second-order valence-corrected chi connectivity index (χ2v) is 17.6. The van der Waals surface area contributed by atoms with Crippen LogP contribution in [0.1, 0.15) is 71.4 Å². The first-order valence-electron chi connectivity index (χ1n) is 22.0. The number of carboxylic acids is 2. The van der Waals surface area contributed by atoms with Gasteiger partial charge >= 0.3 is 11.9 Å². The van der Waals surface area contributed by atoms with E-state index in [0.29, 0.717) is 25.7 Å². The predicted octanol–water partition coefficient (Wildman–Crippen LogP) is 8.23. The summed E-state index contributed by atoms with van der Waals surface area (Å²) in [6, 6.07) is 30.6. The van der Waals surface area contributed by atoms with Gasteiger partial charge in [0, 0.05) is 47.5 Å². The topological polar surface area (TPSA) is 173 Å². The molecule has 0 fully saturated rings. The zero-order valence-electron chi connectivity index (χ0n) is 38.0. The summed E-state index contributed by atoms with van der Waals surface area (Å²) >= 11 is 0. The lowest BCUT2D eigenvalue weighted by Gasteiger charge is -2.27. The minimum atomic E-state index is -1.18. The van der Waals surface area contributed by atoms with Gasteiger partial charge in [0.25, 0.3) is 0 Å². The molecule has 0 radical (unpaired) electrons. The normalized spacial score (nSPS) is 16.5. The Morgan fingerprint density at radius 2 is 1.23 bits per heavy atom. The molecule has 2 heterocycles. The molecule has 4 aromatic carbocycles. The van der Waals surface area contributed by atoms with Gasteiger partial charge in [-0.1, -0.05) is 110 Å². The van der Waals surface area contributed by atoms with Gasteiger partial charge in [-0.2, -0.15) is 4.58 Å². The number of carbonyl (C=O) groups is 6. The molecule has 4 N–H and O–H groups in total. The van der Waals surface area contributed by atoms with Crippen LogP contribution in [-0.4, -0.2) is 82.0 Å². The summed E-state index contributed by atoms with van der Waals surface area (Å²) in [5.41, 5.74) is 10.4. The lowest BCUT2D eigenvalue weighted by Crippen LogP contribution is -2.39. The van der Waals surface area contributed by atoms with Crippen molar-refractivity contribution in [3.8, 4) is 22.3 Å². The molecular weight excluding hydrogens is 833 g/mol. The van der Waals surface area contributed by atoms with Crippen molar-refractivity contribution in [2.24, 2.45) is 0 Å². The van der Waals surface area contributed by atoms with Crippen molar-refractivity contribution in [3.05, 3.63) is 156 Å². The molecule has 340 valence electrons. The van der Waals surface area contributed by atoms with Crippen molar-refractivity contribution in [3.63, 3.8) is 0 Å². The summed E-state index contributed by atoms with van der Waals surface area (Å²) in [7, 11) is 0. The smallest absolute Gasteiger partial charge is 0.305 e. The number of allylic oxidation sites excluding steroid dienone is 8. The van der Waals surface area contributed by atoms with Crippen LogP contribution in [0.4, 0.5) is 11.4 Å². The minimum Gasteiger partial charge on any atom is -0.481 e. The number of anilines is 1. The summed E-state index contributed by atoms with van der Waals surface area (Å²) in [5, 5.41) is 23.4. The highest BCUT2D eigenvalue weighted by molar-refractivity contribution is 6.03. The zero-order valence-corrected chi connectivity index (χ0v) is 38.0. The summed E-state index contributed by atoms with van der Waals surface area (Å²) in [6.07, 6.45) is 12.0. The quantitative estimate of drug-likeness (QED) is 0.0387. The van der Waals surface area contributed by atoms with Crippen LogP contribution in [0, 0.1) is 0 Å². The number of aliphatic carboxylic acids is 2. The van der Waals surface area contributed by atoms with E-state index in [1.165, 1.54) is 0 Å². The maximum Gasteiger partial charge on any atom is 0.305 e. The summed E-state index contributed by atoms with van der Waals surface area (Å²) in [4.78, 5) is 73.6. The summed E-state index contributed by atoms with van der Waals surface area (Å²) in [6.45, 7) is 11.2. The Morgan fingerprint density at radius 3 is 1.79 bits per heavy atom. The van der Waals surface area contributed by atoms with Gasteiger partial charge in [-0.15, -0.1) is 0 Å². The fraction of sp³-hybridized carbons (Fsp3) is 0.278. The Hall–Kier alpha value is -7.47. The Balaban J connectivity index is 1.27. The Bertz CT molecular complexity index is 2660. The van der Waals surface area contributed by atoms with E-state index >= 15 is 0 Å². The van der Waals surface area contributed by atoms with Crippen LogP contribution in [-0.2, 0) is 39.6 Å². The molecule has 12 nitrogen and oxygen atoms in total. The van der Waals surface area contributed by atoms with Crippen LogP contribution in [0.5, 0.6) is 0 Å². The van der Waals surface area contributed by atoms with Crippen molar-refractivity contribution in [1.82, 2.24) is 10.6 Å². The molecule has 0 saturated heterocycles. The summed E-state index contributed by atoms with van der Waals surface area (Å²) < 4.78 is 2.11. The third kappa shape index (κ3) is 11.2. The average molecular weight is 890 g/mol. The second kappa shape index (κ2) is 21.0. The van der Waals surface area contributed by atoms with Crippen LogP contribution in [0.2, 0.25) is 0 Å². The number of carboxylic acid groups (broad SMARTS) is 2. The fourth-order valence-corrected chi connectivity index (χ4v) is 8.72. The first kappa shape index (κ1) is 48.0. The van der Waals surface area contributed by atoms with E-state index < -0.39 is 59.5 Å². The average Bonchev–Trinajstić information content (AvgIpc) is 3.64. The maximum atomic E-state index is 13.0. The Morgan fingerprint density at radius 1 is 0.682 bits per heavy atom. The minimum absolute atomic E-state index is 0.0307. The summed E-state index contributed by atoms with van der Waals surface area (Å²) in [5.74, 6) is -3.20. The molecule has 66 heavy (non-hydrogen) atoms. The largest absolute Gasteiger partial charge is 0.481 e. The molecule has 0 spiro atoms. The van der Waals surface area contributed by atoms with Crippen molar-refractivity contribution in [2.45, 2.75) is 83.2 Å². The van der Waals surface area contributed by atoms with E-state index in [1.54, 1.807) is 0 Å². The van der Waals surface area contributed by atoms with Gasteiger partial charge in [-0.05, 0) is 78.9 Å². The molecule has 2 aliphatic rings. The van der Waals surface area contributed by atoms with E-state index in [0.717, 1.165) is 61.7 Å². The van der Waals surface area contributed by atoms with Gasteiger partial charge < -0.3 is 35.3 Å². The first-order valence-corrected chi connectivity index (χ1v) is 22.0. The van der Waals surface area contributed by atoms with Crippen molar-refractivity contribution >= 4 is 53.4 Å². The highest BCUT2D eigenvalue weighted by atomic mass is 16.4. The second-order valence-electron chi connectivity index (χ2n) is 17.6. The number of carbonyl (C=O) groups excluding carboxylic acids is 4. The van der Waals surface area contributed by atoms with Gasteiger partial charge in [-0.3, -0.25) is 19.2 Å². The fourth-order valence-electron chi connectivity index (χ4n) is 8.72. The molecule has 4 aromatic rings. The number of fused-ring (bicyclic) bond motifs is 2. The Labute approximate surface area is 385 Å². The molecule has 2 unspecified atom stereocenters. The van der Waals surface area contributed by atoms with Crippen LogP contribution in [0.3, 0.4) is 0 Å². The van der Waals surface area contributed by atoms with Crippen molar-refractivity contribution in [1.29, 1.82) is 0 Å². The number of amides is 2. The molecule has 0 bridgehead atoms. The van der Waals surface area contributed by atoms with E-state index in [-0.39, 0.29) is 12.8 Å². The van der Waals surface area contributed by atoms with E-state index in [2.05, 4.69) is 108 Å². The van der Waals surface area contributed by atoms with Crippen LogP contribution in [0.15, 0.2) is 145 Å². The third-order valence-electron chi connectivity index (χ3n) is 12.2. The number of nitrogens with zero attached hydrogens (tertiary/aromatic N) is 2. The number of benzene rings is 4. The van der Waals surface area contributed by atoms with Gasteiger partial charge in [0.05, 0.1) is 36.8 Å². The van der Waals surface area contributed by atoms with Gasteiger partial charge in [0.15, 0.2) is 12.3 Å². The van der Waals surface area contributed by atoms with Crippen LogP contribution in [0.25, 0.3) is 22.3 Å². The van der Waals surface area contributed by atoms with E-state index in [1.807, 2.05) is 79.8 Å². The van der Waals surface area contributed by atoms with Gasteiger partial charge in [0.1, 0.15) is 12.6 Å². The molecular formula is C54H57N4O8+. The number of hydrogen-bond donors (Lipinski definition) is 4. The molecule has 6 rings (SSSR count). The lowest BCUT2D eigenvalue weighted by atomic mass is 9.80. The van der Waals surface area contributed by atoms with Crippen molar-refractivity contribution in [2.75, 3.05) is 18.0 Å². The number of hydrogen-bond acceptors (Lipinski definition) is 7. The molecule has 0 aromatic heterocycles.